The van der Waals surface area contributed by atoms with E-state index < -0.39 is 6.09 Å². The predicted molar refractivity (Wildman–Crippen MR) is 86.0 cm³/mol. The van der Waals surface area contributed by atoms with Gasteiger partial charge in [-0.1, -0.05) is 41.9 Å². The highest BCUT2D eigenvalue weighted by atomic mass is 35.5. The minimum atomic E-state index is -0.489. The zero-order valence-corrected chi connectivity index (χ0v) is 12.7. The molecule has 0 fully saturated rings. The number of alkyl carbamates (subject to hydrolysis) is 1. The number of carbonyl (C=O) groups excluding carboxylic acids is 1. The van der Waals surface area contributed by atoms with Crippen LogP contribution < -0.4 is 15.8 Å². The fourth-order valence-corrected chi connectivity index (χ4v) is 1.92. The molecule has 0 aliphatic rings. The zero-order chi connectivity index (χ0) is 15.8. The molecule has 0 unspecified atom stereocenters. The molecule has 0 saturated carbocycles. The van der Waals surface area contributed by atoms with Crippen LogP contribution in [0.15, 0.2) is 48.5 Å². The molecule has 2 aromatic rings. The Kier molecular flexibility index (Phi) is 5.91. The smallest absolute Gasteiger partial charge is 0.407 e. The van der Waals surface area contributed by atoms with Gasteiger partial charge in [-0.25, -0.2) is 4.79 Å². The Morgan fingerprint density at radius 3 is 2.68 bits per heavy atom. The molecule has 116 valence electrons. The predicted octanol–water partition coefficient (Wildman–Crippen LogP) is 3.23. The lowest BCUT2D eigenvalue weighted by Gasteiger charge is -2.10. The maximum Gasteiger partial charge on any atom is 0.407 e. The van der Waals surface area contributed by atoms with Crippen molar-refractivity contribution in [1.82, 2.24) is 5.32 Å². The lowest BCUT2D eigenvalue weighted by Crippen LogP contribution is -2.28. The van der Waals surface area contributed by atoms with Crippen LogP contribution in [0.25, 0.3) is 0 Å². The molecule has 1 amide bonds. The van der Waals surface area contributed by atoms with Gasteiger partial charge in [0.1, 0.15) is 19.0 Å². The minimum Gasteiger partial charge on any atom is -0.490 e. The van der Waals surface area contributed by atoms with Crippen LogP contribution in [0.3, 0.4) is 0 Å². The van der Waals surface area contributed by atoms with Crippen molar-refractivity contribution in [2.24, 2.45) is 0 Å². The molecule has 0 aliphatic heterocycles. The first kappa shape index (κ1) is 16.0. The van der Waals surface area contributed by atoms with Gasteiger partial charge in [-0.15, -0.1) is 0 Å². The van der Waals surface area contributed by atoms with Gasteiger partial charge in [-0.05, 0) is 23.8 Å². The average molecular weight is 321 g/mol. The van der Waals surface area contributed by atoms with Crippen molar-refractivity contribution >= 4 is 23.4 Å². The van der Waals surface area contributed by atoms with Crippen molar-refractivity contribution in [3.05, 3.63) is 59.1 Å². The third kappa shape index (κ3) is 5.18. The van der Waals surface area contributed by atoms with Crippen molar-refractivity contribution in [2.45, 2.75) is 6.61 Å². The molecule has 0 aliphatic carbocycles. The van der Waals surface area contributed by atoms with Gasteiger partial charge in [0.25, 0.3) is 0 Å². The Balaban J connectivity index is 1.65. The number of benzene rings is 2. The topological polar surface area (TPSA) is 73.6 Å². The molecule has 5 nitrogen and oxygen atoms in total. The van der Waals surface area contributed by atoms with E-state index >= 15 is 0 Å². The molecule has 0 aromatic heterocycles. The third-order valence-electron chi connectivity index (χ3n) is 2.81. The number of halogens is 1. The van der Waals surface area contributed by atoms with Gasteiger partial charge in [0, 0.05) is 5.02 Å². The summed E-state index contributed by atoms with van der Waals surface area (Å²) in [6.07, 6.45) is -0.489. The van der Waals surface area contributed by atoms with E-state index in [-0.39, 0.29) is 13.2 Å². The van der Waals surface area contributed by atoms with E-state index in [0.717, 1.165) is 5.56 Å². The second-order valence-corrected chi connectivity index (χ2v) is 4.96. The second-order valence-electron chi connectivity index (χ2n) is 4.52. The summed E-state index contributed by atoms with van der Waals surface area (Å²) >= 11 is 5.80. The van der Waals surface area contributed by atoms with Crippen molar-refractivity contribution in [3.63, 3.8) is 0 Å². The number of nitrogens with two attached hydrogens (primary N) is 1. The lowest BCUT2D eigenvalue weighted by atomic mass is 10.2. The van der Waals surface area contributed by atoms with E-state index in [1.54, 1.807) is 18.2 Å². The second kappa shape index (κ2) is 8.14. The molecule has 6 heteroatoms. The SMILES string of the molecule is Nc1cc(Cl)ccc1OCCNC(=O)OCc1ccccc1. The molecule has 2 rings (SSSR count). The van der Waals surface area contributed by atoms with Crippen LogP contribution in [0.5, 0.6) is 5.75 Å². The molecule has 0 spiro atoms. The van der Waals surface area contributed by atoms with E-state index in [4.69, 9.17) is 26.8 Å². The Hall–Kier alpha value is -2.40. The largest absolute Gasteiger partial charge is 0.490 e. The fraction of sp³-hybridized carbons (Fsp3) is 0.188. The number of carbonyl (C=O) groups is 1. The zero-order valence-electron chi connectivity index (χ0n) is 11.9. The summed E-state index contributed by atoms with van der Waals surface area (Å²) in [4.78, 5) is 11.5. The Bertz CT molecular complexity index is 620. The summed E-state index contributed by atoms with van der Waals surface area (Å²) in [7, 11) is 0. The maximum atomic E-state index is 11.5. The van der Waals surface area contributed by atoms with Crippen LogP contribution in [0.4, 0.5) is 10.5 Å². The minimum absolute atomic E-state index is 0.234. The maximum absolute atomic E-state index is 11.5. The van der Waals surface area contributed by atoms with Crippen LogP contribution in [0, 0.1) is 0 Å². The molecule has 0 atom stereocenters. The van der Waals surface area contributed by atoms with Crippen LogP contribution in [-0.4, -0.2) is 19.2 Å². The molecule has 0 saturated heterocycles. The van der Waals surface area contributed by atoms with Crippen LogP contribution in [0.1, 0.15) is 5.56 Å². The number of amides is 1. The number of nitrogen functional groups attached to an aromatic ring is 1. The first-order chi connectivity index (χ1) is 10.6. The average Bonchev–Trinajstić information content (AvgIpc) is 2.52. The first-order valence-corrected chi connectivity index (χ1v) is 7.15. The Morgan fingerprint density at radius 2 is 1.95 bits per heavy atom. The highest BCUT2D eigenvalue weighted by molar-refractivity contribution is 6.30. The van der Waals surface area contributed by atoms with Crippen LogP contribution >= 0.6 is 11.6 Å². The van der Waals surface area contributed by atoms with Gasteiger partial charge in [0.15, 0.2) is 0 Å². The van der Waals surface area contributed by atoms with E-state index in [1.165, 1.54) is 0 Å². The van der Waals surface area contributed by atoms with E-state index in [1.807, 2.05) is 30.3 Å². The summed E-state index contributed by atoms with van der Waals surface area (Å²) in [6, 6.07) is 14.4. The highest BCUT2D eigenvalue weighted by Gasteiger charge is 2.04. The van der Waals surface area contributed by atoms with Gasteiger partial charge < -0.3 is 20.5 Å². The van der Waals surface area contributed by atoms with Gasteiger partial charge in [-0.2, -0.15) is 0 Å². The van der Waals surface area contributed by atoms with Crippen molar-refractivity contribution in [3.8, 4) is 5.75 Å². The number of hydrogen-bond donors (Lipinski definition) is 2. The third-order valence-corrected chi connectivity index (χ3v) is 3.05. The summed E-state index contributed by atoms with van der Waals surface area (Å²) < 4.78 is 10.5. The van der Waals surface area contributed by atoms with Crippen LogP contribution in [0.2, 0.25) is 5.02 Å². The fourth-order valence-electron chi connectivity index (χ4n) is 1.74. The number of rotatable bonds is 6. The molecular formula is C16H17ClN2O3. The Labute approximate surface area is 134 Å². The normalized spacial score (nSPS) is 10.0. The van der Waals surface area contributed by atoms with Gasteiger partial charge in [-0.3, -0.25) is 0 Å². The number of nitrogens with one attached hydrogen (secondary N) is 1. The summed E-state index contributed by atoms with van der Waals surface area (Å²) in [5.74, 6) is 0.531. The first-order valence-electron chi connectivity index (χ1n) is 6.77. The van der Waals surface area contributed by atoms with E-state index in [0.29, 0.717) is 23.0 Å². The molecule has 0 heterocycles. The Morgan fingerprint density at radius 1 is 1.18 bits per heavy atom. The van der Waals surface area contributed by atoms with E-state index in [9.17, 15) is 4.79 Å². The van der Waals surface area contributed by atoms with Crippen molar-refractivity contribution in [2.75, 3.05) is 18.9 Å². The number of ether oxygens (including phenoxy) is 2. The standard InChI is InChI=1S/C16H17ClN2O3/c17-13-6-7-15(14(18)10-13)21-9-8-19-16(20)22-11-12-4-2-1-3-5-12/h1-7,10H,8-9,11,18H2,(H,19,20). The van der Waals surface area contributed by atoms with Gasteiger partial charge >= 0.3 is 6.09 Å². The van der Waals surface area contributed by atoms with Crippen molar-refractivity contribution < 1.29 is 14.3 Å². The van der Waals surface area contributed by atoms with Crippen molar-refractivity contribution in [1.29, 1.82) is 0 Å². The molecule has 0 radical (unpaired) electrons. The number of hydrogen-bond acceptors (Lipinski definition) is 4. The molecule has 0 bridgehead atoms. The summed E-state index contributed by atoms with van der Waals surface area (Å²) in [5, 5.41) is 3.15. The molecule has 22 heavy (non-hydrogen) atoms. The quantitative estimate of drug-likeness (QED) is 0.633. The number of anilines is 1. The molecule has 2 aromatic carbocycles. The van der Waals surface area contributed by atoms with Gasteiger partial charge in [0.05, 0.1) is 12.2 Å². The van der Waals surface area contributed by atoms with Crippen LogP contribution in [-0.2, 0) is 11.3 Å². The van der Waals surface area contributed by atoms with E-state index in [2.05, 4.69) is 5.32 Å². The monoisotopic (exact) mass is 320 g/mol. The highest BCUT2D eigenvalue weighted by Crippen LogP contribution is 2.24. The summed E-state index contributed by atoms with van der Waals surface area (Å²) in [6.45, 7) is 0.833. The van der Waals surface area contributed by atoms with Gasteiger partial charge in [0.2, 0.25) is 0 Å². The molecular weight excluding hydrogens is 304 g/mol. The lowest BCUT2D eigenvalue weighted by molar-refractivity contribution is 0.137. The summed E-state index contributed by atoms with van der Waals surface area (Å²) in [5.41, 5.74) is 7.14. The molecule has 3 N–H and O–H groups in total.